The molecule has 7 nitrogen and oxygen atoms in total. The van der Waals surface area contributed by atoms with Gasteiger partial charge >= 0.3 is 0 Å². The molecule has 0 bridgehead atoms. The van der Waals surface area contributed by atoms with Crippen molar-refractivity contribution in [3.8, 4) is 0 Å². The molecule has 0 fully saturated rings. The summed E-state index contributed by atoms with van der Waals surface area (Å²) in [6.07, 6.45) is 1.33. The lowest BCUT2D eigenvalue weighted by Gasteiger charge is -2.03. The fourth-order valence-corrected chi connectivity index (χ4v) is 3.68. The highest BCUT2D eigenvalue weighted by Crippen LogP contribution is 2.17. The Labute approximate surface area is 171 Å². The van der Waals surface area contributed by atoms with Gasteiger partial charge in [0.2, 0.25) is 5.16 Å². The van der Waals surface area contributed by atoms with Gasteiger partial charge in [0.1, 0.15) is 5.69 Å². The molecule has 0 atom stereocenters. The average molecular weight is 405 g/mol. The summed E-state index contributed by atoms with van der Waals surface area (Å²) >= 11 is 1.25. The number of nitrogens with one attached hydrogen (secondary N) is 1. The lowest BCUT2D eigenvalue weighted by Crippen LogP contribution is -2.19. The van der Waals surface area contributed by atoms with Crippen molar-refractivity contribution < 1.29 is 4.79 Å². The number of hydrogen-bond donors (Lipinski definition) is 1. The van der Waals surface area contributed by atoms with E-state index in [1.54, 1.807) is 0 Å². The van der Waals surface area contributed by atoms with Gasteiger partial charge in [-0.1, -0.05) is 73.3 Å². The monoisotopic (exact) mass is 405 g/mol. The molecule has 0 aliphatic carbocycles. The highest BCUT2D eigenvalue weighted by atomic mass is 32.2. The Kier molecular flexibility index (Phi) is 5.53. The van der Waals surface area contributed by atoms with Crippen LogP contribution < -0.4 is 5.56 Å². The Morgan fingerprint density at radius 3 is 2.52 bits per heavy atom. The van der Waals surface area contributed by atoms with Crippen LogP contribution in [-0.4, -0.2) is 36.3 Å². The second-order valence-corrected chi connectivity index (χ2v) is 7.49. The van der Waals surface area contributed by atoms with Crippen LogP contribution in [0.25, 0.3) is 5.78 Å². The molecule has 29 heavy (non-hydrogen) atoms. The van der Waals surface area contributed by atoms with Gasteiger partial charge in [-0.3, -0.25) is 14.6 Å². The predicted octanol–water partition coefficient (Wildman–Crippen LogP) is 2.94. The van der Waals surface area contributed by atoms with E-state index < -0.39 is 0 Å². The molecule has 4 rings (SSSR count). The molecular formula is C21H19N5O2S. The van der Waals surface area contributed by atoms with Crippen LogP contribution in [0.2, 0.25) is 0 Å². The van der Waals surface area contributed by atoms with Gasteiger partial charge in [0.15, 0.2) is 5.78 Å². The molecule has 0 aliphatic rings. The summed E-state index contributed by atoms with van der Waals surface area (Å²) in [6.45, 7) is 2.08. The van der Waals surface area contributed by atoms with Gasteiger partial charge in [0.25, 0.3) is 11.3 Å². The summed E-state index contributed by atoms with van der Waals surface area (Å²) in [7, 11) is 0. The van der Waals surface area contributed by atoms with Crippen LogP contribution in [0.1, 0.15) is 34.1 Å². The molecule has 2 aromatic heterocycles. The molecular weight excluding hydrogens is 386 g/mol. The maximum absolute atomic E-state index is 12.5. The van der Waals surface area contributed by atoms with Crippen LogP contribution in [-0.2, 0) is 12.8 Å². The fourth-order valence-electron chi connectivity index (χ4n) is 2.91. The van der Waals surface area contributed by atoms with Crippen LogP contribution in [0.15, 0.2) is 64.5 Å². The van der Waals surface area contributed by atoms with Crippen molar-refractivity contribution in [1.82, 2.24) is 24.8 Å². The molecule has 146 valence electrons. The molecule has 0 saturated heterocycles. The van der Waals surface area contributed by atoms with E-state index in [9.17, 15) is 9.59 Å². The van der Waals surface area contributed by atoms with Crippen LogP contribution in [0.3, 0.4) is 0 Å². The third-order valence-corrected chi connectivity index (χ3v) is 5.47. The maximum Gasteiger partial charge on any atom is 0.274 e. The summed E-state index contributed by atoms with van der Waals surface area (Å²) in [5.41, 5.74) is 2.91. The van der Waals surface area contributed by atoms with E-state index in [4.69, 9.17) is 0 Å². The quantitative estimate of drug-likeness (QED) is 0.375. The number of hydrogen-bond acceptors (Lipinski definition) is 6. The van der Waals surface area contributed by atoms with Gasteiger partial charge in [-0.25, -0.2) is 0 Å². The maximum atomic E-state index is 12.5. The number of aryl methyl sites for hydroxylation is 1. The minimum atomic E-state index is -0.294. The average Bonchev–Trinajstić information content (AvgIpc) is 3.14. The van der Waals surface area contributed by atoms with Crippen LogP contribution in [0, 0.1) is 0 Å². The number of benzene rings is 2. The van der Waals surface area contributed by atoms with E-state index >= 15 is 0 Å². The molecule has 2 aromatic carbocycles. The normalized spacial score (nSPS) is 11.1. The first-order chi connectivity index (χ1) is 14.1. The van der Waals surface area contributed by atoms with Gasteiger partial charge in [-0.2, -0.15) is 9.61 Å². The van der Waals surface area contributed by atoms with Crippen molar-refractivity contribution in [3.63, 3.8) is 0 Å². The first-order valence-corrected chi connectivity index (χ1v) is 10.3. The molecule has 2 heterocycles. The van der Waals surface area contributed by atoms with Gasteiger partial charge in [0, 0.05) is 12.0 Å². The van der Waals surface area contributed by atoms with E-state index in [1.165, 1.54) is 21.8 Å². The zero-order chi connectivity index (χ0) is 20.2. The molecule has 0 amide bonds. The molecule has 0 saturated carbocycles. The van der Waals surface area contributed by atoms with E-state index in [1.807, 2.05) is 54.6 Å². The highest BCUT2D eigenvalue weighted by Gasteiger charge is 2.14. The molecule has 4 aromatic rings. The Morgan fingerprint density at radius 2 is 1.79 bits per heavy atom. The zero-order valence-electron chi connectivity index (χ0n) is 15.8. The smallest absolute Gasteiger partial charge is 0.274 e. The second kappa shape index (κ2) is 8.40. The summed E-state index contributed by atoms with van der Waals surface area (Å²) in [5, 5.41) is 12.9. The summed E-state index contributed by atoms with van der Waals surface area (Å²) in [4.78, 5) is 27.5. The predicted molar refractivity (Wildman–Crippen MR) is 112 cm³/mol. The zero-order valence-corrected chi connectivity index (χ0v) is 16.6. The summed E-state index contributed by atoms with van der Waals surface area (Å²) in [5.74, 6) is 0.471. The number of carbonyl (C=O) groups is 1. The molecule has 0 radical (unpaired) electrons. The van der Waals surface area contributed by atoms with Gasteiger partial charge < -0.3 is 0 Å². The van der Waals surface area contributed by atoms with Crippen molar-refractivity contribution in [3.05, 3.63) is 87.3 Å². The van der Waals surface area contributed by atoms with Gasteiger partial charge in [-0.15, -0.1) is 10.2 Å². The largest absolute Gasteiger partial charge is 0.293 e. The SMILES string of the molecule is CCc1ccc(C(=O)CSc2nnc3[nH]c(=O)c(Cc4ccccc4)nn23)cc1. The molecule has 0 aliphatic heterocycles. The van der Waals surface area contributed by atoms with Crippen molar-refractivity contribution in [2.45, 2.75) is 24.9 Å². The Bertz CT molecular complexity index is 1200. The highest BCUT2D eigenvalue weighted by molar-refractivity contribution is 7.99. The molecule has 0 unspecified atom stereocenters. The Morgan fingerprint density at radius 1 is 1.03 bits per heavy atom. The standard InChI is InChI=1S/C21H19N5O2S/c1-2-14-8-10-16(11-9-14)18(27)13-29-21-24-23-20-22-19(28)17(25-26(20)21)12-15-6-4-3-5-7-15/h3-11H,2,12-13H2,1H3,(H,22,23,28). The third-order valence-electron chi connectivity index (χ3n) is 4.55. The van der Waals surface area contributed by atoms with Gasteiger partial charge in [-0.05, 0) is 17.5 Å². The third kappa shape index (κ3) is 4.27. The minimum Gasteiger partial charge on any atom is -0.293 e. The van der Waals surface area contributed by atoms with E-state index in [-0.39, 0.29) is 22.9 Å². The summed E-state index contributed by atoms with van der Waals surface area (Å²) in [6, 6.07) is 17.3. The van der Waals surface area contributed by atoms with Crippen molar-refractivity contribution in [2.75, 3.05) is 5.75 Å². The van der Waals surface area contributed by atoms with Crippen molar-refractivity contribution >= 4 is 23.3 Å². The lowest BCUT2D eigenvalue weighted by molar-refractivity contribution is 0.102. The molecule has 8 heteroatoms. The second-order valence-electron chi connectivity index (χ2n) is 6.54. The van der Waals surface area contributed by atoms with Gasteiger partial charge in [0.05, 0.1) is 5.75 Å². The number of ketones is 1. The number of aromatic nitrogens is 5. The first kappa shape index (κ1) is 19.1. The molecule has 0 spiro atoms. The van der Waals surface area contributed by atoms with Crippen LogP contribution in [0.4, 0.5) is 0 Å². The minimum absolute atomic E-state index is 0.00309. The van der Waals surface area contributed by atoms with Crippen LogP contribution in [0.5, 0.6) is 0 Å². The van der Waals surface area contributed by atoms with Crippen molar-refractivity contribution in [2.24, 2.45) is 0 Å². The number of H-pyrrole nitrogens is 1. The van der Waals surface area contributed by atoms with E-state index in [0.29, 0.717) is 22.8 Å². The topological polar surface area (TPSA) is 93.0 Å². The fraction of sp³-hybridized carbons (Fsp3) is 0.190. The number of rotatable bonds is 7. The summed E-state index contributed by atoms with van der Waals surface area (Å²) < 4.78 is 1.48. The Balaban J connectivity index is 1.53. The van der Waals surface area contributed by atoms with Crippen LogP contribution >= 0.6 is 11.8 Å². The number of carbonyl (C=O) groups excluding carboxylic acids is 1. The number of thioether (sulfide) groups is 1. The first-order valence-electron chi connectivity index (χ1n) is 9.27. The Hall–Kier alpha value is -3.26. The van der Waals surface area contributed by atoms with Crippen molar-refractivity contribution in [1.29, 1.82) is 0 Å². The lowest BCUT2D eigenvalue weighted by atomic mass is 10.1. The molecule has 1 N–H and O–H groups in total. The number of Topliss-reactive ketones (excluding diaryl/α,β-unsaturated/α-hetero) is 1. The van der Waals surface area contributed by atoms with E-state index in [0.717, 1.165) is 12.0 Å². The number of aromatic amines is 1. The van der Waals surface area contributed by atoms with E-state index in [2.05, 4.69) is 27.2 Å². The number of nitrogens with zero attached hydrogens (tertiary/aromatic N) is 4. The number of fused-ring (bicyclic) bond motifs is 1.